The molecule has 2 heterocycles. The van der Waals surface area contributed by atoms with Gasteiger partial charge < -0.3 is 0 Å². The lowest BCUT2D eigenvalue weighted by Gasteiger charge is -2.01. The van der Waals surface area contributed by atoms with E-state index < -0.39 is 0 Å². The first-order valence-corrected chi connectivity index (χ1v) is 7.71. The predicted molar refractivity (Wildman–Crippen MR) is 90.7 cm³/mol. The average Bonchev–Trinajstić information content (AvgIpc) is 3.11. The quantitative estimate of drug-likeness (QED) is 0.749. The first kappa shape index (κ1) is 15.0. The number of H-pyrrole nitrogens is 1. The van der Waals surface area contributed by atoms with Gasteiger partial charge in [-0.15, -0.1) is 0 Å². The van der Waals surface area contributed by atoms with Crippen LogP contribution in [0.25, 0.3) is 11.4 Å². The van der Waals surface area contributed by atoms with Gasteiger partial charge in [-0.05, 0) is 42.8 Å². The summed E-state index contributed by atoms with van der Waals surface area (Å²) in [6.07, 6.45) is 4.52. The molecule has 0 saturated carbocycles. The largest absolute Gasteiger partial charge is 0.265 e. The van der Waals surface area contributed by atoms with Gasteiger partial charge in [0, 0.05) is 35.0 Å². The van der Waals surface area contributed by atoms with Crippen LogP contribution >= 0.6 is 0 Å². The van der Waals surface area contributed by atoms with Gasteiger partial charge in [0.15, 0.2) is 5.82 Å². The first-order chi connectivity index (χ1) is 11.3. The zero-order valence-corrected chi connectivity index (χ0v) is 13.2. The predicted octanol–water partition coefficient (Wildman–Crippen LogP) is 3.78. The van der Waals surface area contributed by atoms with Crippen LogP contribution in [-0.4, -0.2) is 20.2 Å². The molecule has 3 rings (SSSR count). The molecule has 1 N–H and O–H groups in total. The minimum Gasteiger partial charge on any atom is -0.265 e. The van der Waals surface area contributed by atoms with Crippen LogP contribution in [0.1, 0.15) is 43.1 Å². The fraction of sp³-hybridized carbons (Fsp3) is 0.211. The average molecular weight is 302 g/mol. The monoisotopic (exact) mass is 302 g/mol. The van der Waals surface area contributed by atoms with Gasteiger partial charge in [0.05, 0.1) is 0 Å². The molecule has 3 aromatic rings. The van der Waals surface area contributed by atoms with Crippen LogP contribution in [0.3, 0.4) is 0 Å². The number of rotatable bonds is 3. The molecule has 0 radical (unpaired) electrons. The highest BCUT2D eigenvalue weighted by Crippen LogP contribution is 2.19. The van der Waals surface area contributed by atoms with E-state index in [2.05, 4.69) is 45.9 Å². The van der Waals surface area contributed by atoms with Crippen molar-refractivity contribution in [3.63, 3.8) is 0 Å². The van der Waals surface area contributed by atoms with Gasteiger partial charge in [-0.25, -0.2) is 4.98 Å². The minimum absolute atomic E-state index is 0.391. The van der Waals surface area contributed by atoms with Crippen molar-refractivity contribution in [1.82, 2.24) is 20.2 Å². The molecule has 114 valence electrons. The van der Waals surface area contributed by atoms with Crippen molar-refractivity contribution in [2.24, 2.45) is 0 Å². The highest BCUT2D eigenvalue weighted by Gasteiger charge is 2.10. The lowest BCUT2D eigenvalue weighted by molar-refractivity contribution is 0.682. The van der Waals surface area contributed by atoms with Crippen molar-refractivity contribution in [3.05, 3.63) is 65.7 Å². The summed E-state index contributed by atoms with van der Waals surface area (Å²) in [6.45, 7) is 4.28. The molecule has 1 aromatic carbocycles. The Kier molecular flexibility index (Phi) is 4.49. The molecule has 0 aliphatic heterocycles. The summed E-state index contributed by atoms with van der Waals surface area (Å²) in [4.78, 5) is 8.55. The molecule has 0 aliphatic carbocycles. The summed E-state index contributed by atoms with van der Waals surface area (Å²) >= 11 is 0. The second kappa shape index (κ2) is 6.89. The fourth-order valence-corrected chi connectivity index (χ4v) is 2.10. The van der Waals surface area contributed by atoms with Gasteiger partial charge >= 0.3 is 0 Å². The van der Waals surface area contributed by atoms with E-state index in [0.717, 1.165) is 34.8 Å². The van der Waals surface area contributed by atoms with E-state index in [-0.39, 0.29) is 0 Å². The van der Waals surface area contributed by atoms with Crippen molar-refractivity contribution in [2.45, 2.75) is 26.2 Å². The molecule has 0 bridgehead atoms. The molecule has 2 aromatic heterocycles. The van der Waals surface area contributed by atoms with Crippen LogP contribution in [-0.2, 0) is 0 Å². The fourth-order valence-electron chi connectivity index (χ4n) is 2.10. The number of pyridine rings is 1. The number of nitrogens with zero attached hydrogens (tertiary/aromatic N) is 3. The van der Waals surface area contributed by atoms with Crippen LogP contribution < -0.4 is 0 Å². The summed E-state index contributed by atoms with van der Waals surface area (Å²) < 4.78 is 0. The van der Waals surface area contributed by atoms with Crippen LogP contribution in [0.15, 0.2) is 48.8 Å². The van der Waals surface area contributed by atoms with Crippen LogP contribution in [0.2, 0.25) is 0 Å². The Morgan fingerprint density at radius 1 is 1.00 bits per heavy atom. The highest BCUT2D eigenvalue weighted by molar-refractivity contribution is 5.57. The van der Waals surface area contributed by atoms with Crippen molar-refractivity contribution < 1.29 is 0 Å². The summed E-state index contributed by atoms with van der Waals surface area (Å²) in [5, 5.41) is 7.32. The third-order valence-corrected chi connectivity index (χ3v) is 3.76. The van der Waals surface area contributed by atoms with E-state index in [1.165, 1.54) is 0 Å². The number of aromatic amines is 1. The van der Waals surface area contributed by atoms with E-state index >= 15 is 0 Å². The van der Waals surface area contributed by atoms with Crippen molar-refractivity contribution in [3.8, 4) is 23.2 Å². The van der Waals surface area contributed by atoms with E-state index in [0.29, 0.717) is 5.92 Å². The highest BCUT2D eigenvalue weighted by atomic mass is 15.2. The van der Waals surface area contributed by atoms with Gasteiger partial charge in [-0.1, -0.05) is 25.7 Å². The van der Waals surface area contributed by atoms with Crippen molar-refractivity contribution >= 4 is 0 Å². The van der Waals surface area contributed by atoms with Gasteiger partial charge in [-0.2, -0.15) is 5.10 Å². The number of hydrogen-bond acceptors (Lipinski definition) is 3. The number of hydrogen-bond donors (Lipinski definition) is 1. The second-order valence-electron chi connectivity index (χ2n) is 5.42. The molecule has 0 saturated heterocycles. The third-order valence-electron chi connectivity index (χ3n) is 3.76. The van der Waals surface area contributed by atoms with Crippen LogP contribution in [0.5, 0.6) is 0 Å². The maximum Gasteiger partial charge on any atom is 0.181 e. The molecule has 4 nitrogen and oxygen atoms in total. The Hall–Kier alpha value is -2.93. The Labute approximate surface area is 136 Å². The molecule has 1 atom stereocenters. The second-order valence-corrected chi connectivity index (χ2v) is 5.42. The van der Waals surface area contributed by atoms with E-state index in [1.54, 1.807) is 12.4 Å². The van der Waals surface area contributed by atoms with Crippen molar-refractivity contribution in [2.75, 3.05) is 0 Å². The molecule has 0 aliphatic rings. The normalized spacial score (nSPS) is 11.6. The summed E-state index contributed by atoms with van der Waals surface area (Å²) in [6, 6.07) is 11.8. The Morgan fingerprint density at radius 2 is 1.65 bits per heavy atom. The van der Waals surface area contributed by atoms with Crippen molar-refractivity contribution in [1.29, 1.82) is 0 Å². The van der Waals surface area contributed by atoms with Gasteiger partial charge in [0.1, 0.15) is 5.82 Å². The molecule has 1 unspecified atom stereocenters. The molecule has 23 heavy (non-hydrogen) atoms. The van der Waals surface area contributed by atoms with Gasteiger partial charge in [0.2, 0.25) is 0 Å². The lowest BCUT2D eigenvalue weighted by Crippen LogP contribution is -1.93. The zero-order chi connectivity index (χ0) is 16.1. The molecule has 4 heteroatoms. The Balaban J connectivity index is 1.77. The Morgan fingerprint density at radius 3 is 2.30 bits per heavy atom. The number of nitrogens with one attached hydrogen (secondary N) is 1. The van der Waals surface area contributed by atoms with E-state index in [4.69, 9.17) is 0 Å². The standard InChI is InChI=1S/C19H18N4/c1-3-14(2)18-21-19(23-22-18)17-8-6-15(7-9-17)4-5-16-10-12-20-13-11-16/h6-14H,3H2,1-2H3,(H,21,22,23). The van der Waals surface area contributed by atoms with E-state index in [1.807, 2.05) is 36.4 Å². The van der Waals surface area contributed by atoms with Crippen LogP contribution in [0.4, 0.5) is 0 Å². The number of aromatic nitrogens is 4. The molecule has 0 fully saturated rings. The van der Waals surface area contributed by atoms with Gasteiger partial charge in [-0.3, -0.25) is 10.1 Å². The summed E-state index contributed by atoms with van der Waals surface area (Å²) in [7, 11) is 0. The Bertz CT molecular complexity index is 823. The maximum absolute atomic E-state index is 4.56. The number of benzene rings is 1. The topological polar surface area (TPSA) is 54.5 Å². The summed E-state index contributed by atoms with van der Waals surface area (Å²) in [5.41, 5.74) is 2.91. The minimum atomic E-state index is 0.391. The maximum atomic E-state index is 4.56. The first-order valence-electron chi connectivity index (χ1n) is 7.71. The molecular formula is C19H18N4. The molecular weight excluding hydrogens is 284 g/mol. The lowest BCUT2D eigenvalue weighted by atomic mass is 10.1. The smallest absolute Gasteiger partial charge is 0.181 e. The summed E-state index contributed by atoms with van der Waals surface area (Å²) in [5.74, 6) is 8.32. The van der Waals surface area contributed by atoms with E-state index in [9.17, 15) is 0 Å². The third kappa shape index (κ3) is 3.64. The molecule has 0 spiro atoms. The van der Waals surface area contributed by atoms with Gasteiger partial charge in [0.25, 0.3) is 0 Å². The van der Waals surface area contributed by atoms with Crippen LogP contribution in [0, 0.1) is 11.8 Å². The SMILES string of the molecule is CCC(C)c1nc(-c2ccc(C#Cc3ccncc3)cc2)n[nH]1. The molecule has 0 amide bonds. The zero-order valence-electron chi connectivity index (χ0n) is 13.2.